The van der Waals surface area contributed by atoms with Gasteiger partial charge >= 0.3 is 5.97 Å². The minimum absolute atomic E-state index is 0.0441. The van der Waals surface area contributed by atoms with Crippen LogP contribution in [-0.2, 0) is 20.7 Å². The second kappa shape index (κ2) is 8.78. The summed E-state index contributed by atoms with van der Waals surface area (Å²) in [5.41, 5.74) is 3.22. The Morgan fingerprint density at radius 2 is 2.03 bits per heavy atom. The van der Waals surface area contributed by atoms with Gasteiger partial charge in [0.15, 0.2) is 4.96 Å². The molecule has 4 rings (SSSR count). The molecule has 0 N–H and O–H groups in total. The lowest BCUT2D eigenvalue weighted by Crippen LogP contribution is -2.35. The Kier molecular flexibility index (Phi) is 5.94. The second-order valence-electron chi connectivity index (χ2n) is 7.25. The second-order valence-corrected chi connectivity index (χ2v) is 8.08. The lowest BCUT2D eigenvalue weighted by molar-refractivity contribution is -0.145. The third-order valence-electron chi connectivity index (χ3n) is 5.12. The fourth-order valence-electron chi connectivity index (χ4n) is 3.47. The minimum atomic E-state index is -0.303. The Labute approximate surface area is 174 Å². The highest BCUT2D eigenvalue weighted by Gasteiger charge is 2.32. The first-order valence-corrected chi connectivity index (χ1v) is 11.0. The molecule has 1 aromatic carbocycles. The normalized spacial score (nSPS) is 13.6. The maximum Gasteiger partial charge on any atom is 0.306 e. The summed E-state index contributed by atoms with van der Waals surface area (Å²) in [6.45, 7) is 2.79. The predicted octanol–water partition coefficient (Wildman–Crippen LogP) is 3.94. The van der Waals surface area contributed by atoms with Gasteiger partial charge < -0.3 is 9.64 Å². The first-order chi connectivity index (χ1) is 14.2. The van der Waals surface area contributed by atoms with Crippen LogP contribution in [0.25, 0.3) is 16.2 Å². The summed E-state index contributed by atoms with van der Waals surface area (Å²) >= 11 is 1.62. The highest BCUT2D eigenvalue weighted by molar-refractivity contribution is 7.15. The summed E-state index contributed by atoms with van der Waals surface area (Å²) in [5, 5.41) is 2.12. The van der Waals surface area contributed by atoms with Crippen molar-refractivity contribution in [1.29, 1.82) is 0 Å². The van der Waals surface area contributed by atoms with Gasteiger partial charge in [-0.1, -0.05) is 30.3 Å². The molecule has 0 aliphatic heterocycles. The number of rotatable bonds is 9. The van der Waals surface area contributed by atoms with Crippen LogP contribution in [0.2, 0.25) is 0 Å². The average molecular weight is 412 g/mol. The van der Waals surface area contributed by atoms with Gasteiger partial charge in [-0.05, 0) is 19.8 Å². The van der Waals surface area contributed by atoms with Crippen molar-refractivity contribution in [3.05, 3.63) is 47.6 Å². The largest absolute Gasteiger partial charge is 0.466 e. The summed E-state index contributed by atoms with van der Waals surface area (Å²) in [7, 11) is 0. The van der Waals surface area contributed by atoms with Gasteiger partial charge in [-0.2, -0.15) is 0 Å². The number of thiazole rings is 1. The van der Waals surface area contributed by atoms with Crippen molar-refractivity contribution < 1.29 is 14.3 Å². The van der Waals surface area contributed by atoms with Gasteiger partial charge in [-0.3, -0.25) is 14.0 Å². The molecule has 0 bridgehead atoms. The van der Waals surface area contributed by atoms with E-state index in [9.17, 15) is 9.59 Å². The van der Waals surface area contributed by atoms with Crippen LogP contribution in [0.5, 0.6) is 0 Å². The van der Waals surface area contributed by atoms with Crippen LogP contribution in [0.3, 0.4) is 0 Å². The molecule has 0 unspecified atom stereocenters. The van der Waals surface area contributed by atoms with Crippen LogP contribution in [0.15, 0.2) is 41.9 Å². The molecule has 152 valence electrons. The van der Waals surface area contributed by atoms with Crippen molar-refractivity contribution >= 4 is 28.2 Å². The number of amides is 1. The minimum Gasteiger partial charge on any atom is -0.466 e. The molecule has 1 aliphatic rings. The van der Waals surface area contributed by atoms with Crippen molar-refractivity contribution in [1.82, 2.24) is 14.3 Å². The molecule has 1 fully saturated rings. The molecule has 7 heteroatoms. The molecule has 6 nitrogen and oxygen atoms in total. The number of nitrogens with zero attached hydrogens (tertiary/aromatic N) is 3. The lowest BCUT2D eigenvalue weighted by atomic mass is 10.2. The average Bonchev–Trinajstić information content (AvgIpc) is 3.36. The summed E-state index contributed by atoms with van der Waals surface area (Å²) in [6.07, 6.45) is 5.31. The molecule has 0 atom stereocenters. The highest BCUT2D eigenvalue weighted by Crippen LogP contribution is 2.29. The zero-order valence-electron chi connectivity index (χ0n) is 16.5. The van der Waals surface area contributed by atoms with E-state index in [-0.39, 0.29) is 24.7 Å². The van der Waals surface area contributed by atoms with Crippen molar-refractivity contribution in [2.45, 2.75) is 45.1 Å². The third kappa shape index (κ3) is 4.67. The first kappa shape index (κ1) is 19.6. The Morgan fingerprint density at radius 3 is 2.76 bits per heavy atom. The maximum absolute atomic E-state index is 12.6. The van der Waals surface area contributed by atoms with Gasteiger partial charge in [0.05, 0.1) is 18.7 Å². The number of carbonyl (C=O) groups is 2. The number of ether oxygens (including phenoxy) is 1. The Bertz CT molecular complexity index is 991. The zero-order valence-corrected chi connectivity index (χ0v) is 17.4. The summed E-state index contributed by atoms with van der Waals surface area (Å²) in [6, 6.07) is 10.5. The van der Waals surface area contributed by atoms with Crippen molar-refractivity contribution in [3.8, 4) is 11.3 Å². The maximum atomic E-state index is 12.6. The van der Waals surface area contributed by atoms with E-state index in [0.717, 1.165) is 41.2 Å². The Hall–Kier alpha value is -2.67. The summed E-state index contributed by atoms with van der Waals surface area (Å²) in [5.74, 6) is -0.259. The van der Waals surface area contributed by atoms with E-state index in [1.165, 1.54) is 0 Å². The molecule has 2 aromatic heterocycles. The van der Waals surface area contributed by atoms with E-state index < -0.39 is 0 Å². The number of hydrogen-bond acceptors (Lipinski definition) is 5. The predicted molar refractivity (Wildman–Crippen MR) is 113 cm³/mol. The van der Waals surface area contributed by atoms with Crippen LogP contribution >= 0.6 is 11.3 Å². The molecule has 0 radical (unpaired) electrons. The zero-order chi connectivity index (χ0) is 20.2. The van der Waals surface area contributed by atoms with E-state index in [0.29, 0.717) is 19.2 Å². The van der Waals surface area contributed by atoms with Crippen LogP contribution in [0.4, 0.5) is 0 Å². The summed E-state index contributed by atoms with van der Waals surface area (Å²) < 4.78 is 7.06. The van der Waals surface area contributed by atoms with Gasteiger partial charge in [0, 0.05) is 48.3 Å². The molecule has 1 aliphatic carbocycles. The van der Waals surface area contributed by atoms with Gasteiger partial charge in [-0.15, -0.1) is 11.3 Å². The standard InChI is InChI=1S/C22H25N3O3S/c1-2-28-21(27)11-10-20(26)24(17-8-9-17)13-12-18-15-29-22-23-19(14-25(18)22)16-6-4-3-5-7-16/h3-7,14-15,17H,2,8-13H2,1H3. The van der Waals surface area contributed by atoms with Crippen LogP contribution in [0, 0.1) is 0 Å². The van der Waals surface area contributed by atoms with E-state index in [4.69, 9.17) is 9.72 Å². The quantitative estimate of drug-likeness (QED) is 0.500. The fourth-order valence-corrected chi connectivity index (χ4v) is 4.38. The van der Waals surface area contributed by atoms with E-state index >= 15 is 0 Å². The molecule has 0 saturated heterocycles. The molecule has 3 aromatic rings. The number of hydrogen-bond donors (Lipinski definition) is 0. The molecular weight excluding hydrogens is 386 g/mol. The SMILES string of the molecule is CCOC(=O)CCC(=O)N(CCc1csc2nc(-c3ccccc3)cn12)C1CC1. The number of carbonyl (C=O) groups excluding carboxylic acids is 2. The van der Waals surface area contributed by atoms with Crippen LogP contribution < -0.4 is 0 Å². The van der Waals surface area contributed by atoms with Crippen LogP contribution in [0.1, 0.15) is 38.3 Å². The van der Waals surface area contributed by atoms with Gasteiger partial charge in [-0.25, -0.2) is 4.98 Å². The highest BCUT2D eigenvalue weighted by atomic mass is 32.1. The number of aromatic nitrogens is 2. The number of benzene rings is 1. The van der Waals surface area contributed by atoms with Crippen molar-refractivity contribution in [2.75, 3.05) is 13.2 Å². The van der Waals surface area contributed by atoms with Gasteiger partial charge in [0.2, 0.25) is 5.91 Å². The van der Waals surface area contributed by atoms with Crippen molar-refractivity contribution in [2.24, 2.45) is 0 Å². The molecule has 1 saturated carbocycles. The van der Waals surface area contributed by atoms with Crippen LogP contribution in [-0.4, -0.2) is 45.4 Å². The Balaban J connectivity index is 1.41. The van der Waals surface area contributed by atoms with Crippen molar-refractivity contribution in [3.63, 3.8) is 0 Å². The number of fused-ring (bicyclic) bond motifs is 1. The Morgan fingerprint density at radius 1 is 1.24 bits per heavy atom. The monoisotopic (exact) mass is 411 g/mol. The topological polar surface area (TPSA) is 63.9 Å². The molecule has 2 heterocycles. The smallest absolute Gasteiger partial charge is 0.306 e. The molecule has 0 spiro atoms. The number of imidazole rings is 1. The third-order valence-corrected chi connectivity index (χ3v) is 6.01. The molecular formula is C22H25N3O3S. The fraction of sp³-hybridized carbons (Fsp3) is 0.409. The molecule has 1 amide bonds. The van der Waals surface area contributed by atoms with Gasteiger partial charge in [0.1, 0.15) is 0 Å². The number of esters is 1. The molecule has 29 heavy (non-hydrogen) atoms. The first-order valence-electron chi connectivity index (χ1n) is 10.1. The summed E-state index contributed by atoms with van der Waals surface area (Å²) in [4.78, 5) is 31.8. The van der Waals surface area contributed by atoms with E-state index in [1.54, 1.807) is 18.3 Å². The lowest BCUT2D eigenvalue weighted by Gasteiger charge is -2.22. The van der Waals surface area contributed by atoms with E-state index in [1.807, 2.05) is 23.1 Å². The van der Waals surface area contributed by atoms with Gasteiger partial charge in [0.25, 0.3) is 0 Å². The van der Waals surface area contributed by atoms with E-state index in [2.05, 4.69) is 28.1 Å².